The molecule has 2 amide bonds. The number of carboxylic acids is 1. The Bertz CT molecular complexity index is 562. The summed E-state index contributed by atoms with van der Waals surface area (Å²) >= 11 is 0. The van der Waals surface area contributed by atoms with Gasteiger partial charge in [-0.05, 0) is 19.1 Å². The highest BCUT2D eigenvalue weighted by Gasteiger charge is 2.20. The number of methoxy groups -OCH3 is 2. The summed E-state index contributed by atoms with van der Waals surface area (Å²) in [4.78, 5) is 21.4. The van der Waals surface area contributed by atoms with E-state index in [4.69, 9.17) is 25.1 Å². The van der Waals surface area contributed by atoms with Gasteiger partial charge in [0.1, 0.15) is 0 Å². The van der Waals surface area contributed by atoms with Crippen LogP contribution in [-0.2, 0) is 4.79 Å². The van der Waals surface area contributed by atoms with E-state index < -0.39 is 18.1 Å². The number of rotatable bonds is 7. The Morgan fingerprint density at radius 3 is 2.27 bits per heavy atom. The van der Waals surface area contributed by atoms with Gasteiger partial charge in [-0.1, -0.05) is 0 Å². The van der Waals surface area contributed by atoms with Gasteiger partial charge in [0.2, 0.25) is 5.75 Å². The Morgan fingerprint density at radius 1 is 1.32 bits per heavy atom. The lowest BCUT2D eigenvalue weighted by molar-refractivity contribution is -0.144. The molecule has 0 fully saturated rings. The van der Waals surface area contributed by atoms with Crippen LogP contribution in [0.5, 0.6) is 17.2 Å². The maximum atomic E-state index is 10.9. The first-order valence-electron chi connectivity index (χ1n) is 6.13. The van der Waals surface area contributed by atoms with Crippen molar-refractivity contribution in [2.45, 2.75) is 13.0 Å². The zero-order valence-electron chi connectivity index (χ0n) is 12.3. The smallest absolute Gasteiger partial charge is 0.344 e. The number of hydrogen-bond acceptors (Lipinski definition) is 6. The molecule has 0 saturated carbocycles. The third-order valence-electron chi connectivity index (χ3n) is 2.51. The number of amides is 2. The van der Waals surface area contributed by atoms with E-state index in [1.807, 2.05) is 5.43 Å². The average molecular weight is 311 g/mol. The highest BCUT2D eigenvalue weighted by molar-refractivity contribution is 5.84. The first kappa shape index (κ1) is 17.1. The van der Waals surface area contributed by atoms with Crippen LogP contribution in [0, 0.1) is 0 Å². The fourth-order valence-electron chi connectivity index (χ4n) is 1.49. The Kier molecular flexibility index (Phi) is 5.99. The molecule has 4 N–H and O–H groups in total. The van der Waals surface area contributed by atoms with Crippen molar-refractivity contribution in [2.24, 2.45) is 10.8 Å². The van der Waals surface area contributed by atoms with Crippen LogP contribution in [0.25, 0.3) is 0 Å². The summed E-state index contributed by atoms with van der Waals surface area (Å²) in [5, 5.41) is 12.5. The van der Waals surface area contributed by atoms with Crippen LogP contribution in [-0.4, -0.2) is 43.6 Å². The van der Waals surface area contributed by atoms with Crippen molar-refractivity contribution in [3.8, 4) is 17.2 Å². The van der Waals surface area contributed by atoms with Gasteiger partial charge in [-0.25, -0.2) is 15.0 Å². The van der Waals surface area contributed by atoms with Gasteiger partial charge in [0.15, 0.2) is 17.6 Å². The summed E-state index contributed by atoms with van der Waals surface area (Å²) in [6, 6.07) is 2.28. The number of hydrazone groups is 1. The summed E-state index contributed by atoms with van der Waals surface area (Å²) in [6.45, 7) is 1.38. The molecule has 0 radical (unpaired) electrons. The number of aliphatic carboxylic acids is 1. The number of nitrogens with zero attached hydrogens (tertiary/aromatic N) is 1. The molecule has 0 aliphatic heterocycles. The second kappa shape index (κ2) is 7.72. The van der Waals surface area contributed by atoms with Crippen LogP contribution in [0.1, 0.15) is 12.5 Å². The van der Waals surface area contributed by atoms with E-state index in [9.17, 15) is 9.59 Å². The van der Waals surface area contributed by atoms with Crippen molar-refractivity contribution in [3.63, 3.8) is 0 Å². The van der Waals surface area contributed by atoms with Crippen LogP contribution in [0.4, 0.5) is 4.79 Å². The summed E-state index contributed by atoms with van der Waals surface area (Å²) in [6.07, 6.45) is 0.235. The lowest BCUT2D eigenvalue weighted by Gasteiger charge is -2.17. The van der Waals surface area contributed by atoms with Gasteiger partial charge in [0.25, 0.3) is 0 Å². The van der Waals surface area contributed by atoms with Gasteiger partial charge < -0.3 is 25.1 Å². The third-order valence-corrected chi connectivity index (χ3v) is 2.51. The van der Waals surface area contributed by atoms with Crippen molar-refractivity contribution >= 4 is 18.2 Å². The van der Waals surface area contributed by atoms with E-state index in [-0.39, 0.29) is 17.2 Å². The van der Waals surface area contributed by atoms with Crippen molar-refractivity contribution in [2.75, 3.05) is 14.2 Å². The van der Waals surface area contributed by atoms with Crippen LogP contribution < -0.4 is 25.4 Å². The number of carboxylic acid groups (broad SMARTS) is 1. The van der Waals surface area contributed by atoms with Crippen molar-refractivity contribution in [1.29, 1.82) is 0 Å². The van der Waals surface area contributed by atoms with E-state index >= 15 is 0 Å². The van der Waals surface area contributed by atoms with E-state index in [0.717, 1.165) is 0 Å². The number of carbonyl (C=O) groups excluding carboxylic acids is 1. The summed E-state index contributed by atoms with van der Waals surface area (Å²) in [7, 11) is 2.80. The molecule has 1 rings (SSSR count). The first-order valence-corrected chi connectivity index (χ1v) is 6.13. The highest BCUT2D eigenvalue weighted by Crippen LogP contribution is 2.38. The van der Waals surface area contributed by atoms with Gasteiger partial charge in [-0.2, -0.15) is 5.10 Å². The molecule has 1 atom stereocenters. The van der Waals surface area contributed by atoms with E-state index in [0.29, 0.717) is 5.56 Å². The zero-order chi connectivity index (χ0) is 16.7. The highest BCUT2D eigenvalue weighted by atomic mass is 16.6. The molecule has 0 aliphatic rings. The van der Waals surface area contributed by atoms with Crippen LogP contribution in [0.2, 0.25) is 0 Å². The third kappa shape index (κ3) is 4.54. The monoisotopic (exact) mass is 311 g/mol. The van der Waals surface area contributed by atoms with E-state index in [1.54, 1.807) is 12.1 Å². The number of benzene rings is 1. The minimum Gasteiger partial charge on any atom is -0.493 e. The van der Waals surface area contributed by atoms with Gasteiger partial charge in [-0.15, -0.1) is 0 Å². The minimum absolute atomic E-state index is 0.153. The lowest BCUT2D eigenvalue weighted by Crippen LogP contribution is -2.24. The Morgan fingerprint density at radius 2 is 1.86 bits per heavy atom. The van der Waals surface area contributed by atoms with Crippen molar-refractivity contribution in [1.82, 2.24) is 5.43 Å². The summed E-state index contributed by atoms with van der Waals surface area (Å²) < 4.78 is 15.7. The molecular weight excluding hydrogens is 294 g/mol. The predicted octanol–water partition coefficient (Wildman–Crippen LogP) is 0.558. The molecule has 0 aliphatic carbocycles. The molecule has 1 aromatic carbocycles. The number of hydrogen-bond donors (Lipinski definition) is 3. The largest absolute Gasteiger partial charge is 0.493 e. The normalized spacial score (nSPS) is 11.8. The fraction of sp³-hybridized carbons (Fsp3) is 0.308. The Balaban J connectivity index is 3.15. The second-order valence-corrected chi connectivity index (χ2v) is 4.09. The SMILES string of the molecule is COc1cc(C=NNC(N)=O)cc(OC)c1OC(C)C(=O)O. The molecular formula is C13H17N3O6. The minimum atomic E-state index is -1.12. The Labute approximate surface area is 126 Å². The average Bonchev–Trinajstić information content (AvgIpc) is 2.47. The van der Waals surface area contributed by atoms with Gasteiger partial charge in [0.05, 0.1) is 20.4 Å². The molecule has 22 heavy (non-hydrogen) atoms. The molecule has 120 valence electrons. The molecule has 9 heteroatoms. The molecule has 0 heterocycles. The molecule has 9 nitrogen and oxygen atoms in total. The molecule has 0 bridgehead atoms. The quantitative estimate of drug-likeness (QED) is 0.498. The lowest BCUT2D eigenvalue weighted by atomic mass is 10.2. The molecule has 1 unspecified atom stereocenters. The molecule has 0 aromatic heterocycles. The fourth-order valence-corrected chi connectivity index (χ4v) is 1.49. The number of nitrogens with one attached hydrogen (secondary N) is 1. The van der Waals surface area contributed by atoms with Crippen LogP contribution >= 0.6 is 0 Å². The summed E-state index contributed by atoms with van der Waals surface area (Å²) in [5.41, 5.74) is 7.46. The van der Waals surface area contributed by atoms with Gasteiger partial charge in [-0.3, -0.25) is 0 Å². The predicted molar refractivity (Wildman–Crippen MR) is 77.6 cm³/mol. The molecule has 0 saturated heterocycles. The van der Waals surface area contributed by atoms with Crippen molar-refractivity contribution in [3.05, 3.63) is 17.7 Å². The van der Waals surface area contributed by atoms with Gasteiger partial charge in [0, 0.05) is 5.56 Å². The van der Waals surface area contributed by atoms with Gasteiger partial charge >= 0.3 is 12.0 Å². The van der Waals surface area contributed by atoms with Crippen LogP contribution in [0.15, 0.2) is 17.2 Å². The van der Waals surface area contributed by atoms with E-state index in [1.165, 1.54) is 27.4 Å². The number of ether oxygens (including phenoxy) is 3. The van der Waals surface area contributed by atoms with E-state index in [2.05, 4.69) is 5.10 Å². The standard InChI is InChI=1S/C13H17N3O6/c1-7(12(17)18)22-11-9(20-2)4-8(5-10(11)21-3)6-15-16-13(14)19/h4-7H,1-3H3,(H,17,18)(H3,14,16,19). The first-order chi connectivity index (χ1) is 10.4. The summed E-state index contributed by atoms with van der Waals surface area (Å²) in [5.74, 6) is -0.457. The van der Waals surface area contributed by atoms with Crippen molar-refractivity contribution < 1.29 is 28.9 Å². The topological polar surface area (TPSA) is 132 Å². The molecule has 0 spiro atoms. The number of primary amides is 1. The maximum absolute atomic E-state index is 10.9. The van der Waals surface area contributed by atoms with Crippen LogP contribution in [0.3, 0.4) is 0 Å². The second-order valence-electron chi connectivity index (χ2n) is 4.09. The number of urea groups is 1. The molecule has 1 aromatic rings. The zero-order valence-corrected chi connectivity index (χ0v) is 12.3. The number of carbonyl (C=O) groups is 2. The number of nitrogens with two attached hydrogens (primary N) is 1. The Hall–Kier alpha value is -2.97. The maximum Gasteiger partial charge on any atom is 0.344 e.